The summed E-state index contributed by atoms with van der Waals surface area (Å²) in [5, 5.41) is 2.65. The average molecular weight is 335 g/mol. The Kier molecular flexibility index (Phi) is 3.83. The Morgan fingerprint density at radius 1 is 0.652 bits per heavy atom. The molecule has 4 rings (SSSR count). The molecular weight excluding hydrogens is 318 g/mol. The van der Waals surface area contributed by atoms with Gasteiger partial charge < -0.3 is 4.57 Å². The van der Waals surface area contributed by atoms with E-state index in [1.807, 2.05) is 0 Å². The zero-order valence-corrected chi connectivity index (χ0v) is 14.7. The normalized spacial score (nSPS) is 11.4. The Bertz CT molecular complexity index is 926. The summed E-state index contributed by atoms with van der Waals surface area (Å²) in [6.45, 7) is 0. The largest absolute Gasteiger partial charge is 0.309 e. The van der Waals surface area contributed by atoms with E-state index in [9.17, 15) is 0 Å². The van der Waals surface area contributed by atoms with Crippen molar-refractivity contribution in [3.05, 3.63) is 66.7 Å². The number of aromatic nitrogens is 1. The molecule has 1 aromatic heterocycles. The number of benzene rings is 3. The molecule has 0 aliphatic heterocycles. The van der Waals surface area contributed by atoms with Crippen LogP contribution >= 0.6 is 23.5 Å². The molecule has 0 unspecified atom stereocenters. The molecule has 114 valence electrons. The number of fused-ring (bicyclic) bond motifs is 3. The van der Waals surface area contributed by atoms with Crippen LogP contribution in [0.25, 0.3) is 27.5 Å². The van der Waals surface area contributed by atoms with E-state index in [4.69, 9.17) is 0 Å². The summed E-state index contributed by atoms with van der Waals surface area (Å²) in [5.41, 5.74) is 3.74. The van der Waals surface area contributed by atoms with E-state index in [1.54, 1.807) is 23.5 Å². The first-order chi connectivity index (χ1) is 11.3. The Morgan fingerprint density at radius 2 is 1.17 bits per heavy atom. The minimum absolute atomic E-state index is 1.21. The number of para-hydroxylation sites is 1. The number of hydrogen-bond acceptors (Lipinski definition) is 2. The molecule has 0 saturated carbocycles. The maximum atomic E-state index is 2.36. The van der Waals surface area contributed by atoms with E-state index in [1.165, 1.54) is 37.3 Å². The summed E-state index contributed by atoms with van der Waals surface area (Å²) in [7, 11) is 0. The SMILES string of the molecule is CSc1ccc2c(c1)c1cc(SC)ccc1n2-c1ccccc1. The molecule has 0 spiro atoms. The van der Waals surface area contributed by atoms with Gasteiger partial charge in [0.15, 0.2) is 0 Å². The van der Waals surface area contributed by atoms with Crippen molar-refractivity contribution in [1.82, 2.24) is 4.57 Å². The molecule has 0 bridgehead atoms. The highest BCUT2D eigenvalue weighted by Gasteiger charge is 2.13. The standard InChI is InChI=1S/C20H17NS2/c1-22-15-8-10-19-17(12-15)18-13-16(23-2)9-11-20(18)21(19)14-6-4-3-5-7-14/h3-13H,1-2H3. The van der Waals surface area contributed by atoms with Gasteiger partial charge in [-0.3, -0.25) is 0 Å². The van der Waals surface area contributed by atoms with Gasteiger partial charge in [0.25, 0.3) is 0 Å². The fourth-order valence-corrected chi connectivity index (χ4v) is 3.97. The van der Waals surface area contributed by atoms with Gasteiger partial charge in [-0.2, -0.15) is 0 Å². The van der Waals surface area contributed by atoms with Crippen molar-refractivity contribution in [3.63, 3.8) is 0 Å². The van der Waals surface area contributed by atoms with E-state index in [-0.39, 0.29) is 0 Å². The minimum Gasteiger partial charge on any atom is -0.309 e. The van der Waals surface area contributed by atoms with Gasteiger partial charge in [0.1, 0.15) is 0 Å². The van der Waals surface area contributed by atoms with Crippen LogP contribution in [0.3, 0.4) is 0 Å². The lowest BCUT2D eigenvalue weighted by molar-refractivity contribution is 1.18. The molecule has 0 fully saturated rings. The summed E-state index contributed by atoms with van der Waals surface area (Å²) >= 11 is 3.59. The van der Waals surface area contributed by atoms with Crippen LogP contribution < -0.4 is 0 Å². The van der Waals surface area contributed by atoms with Crippen LogP contribution in [0.15, 0.2) is 76.5 Å². The number of rotatable bonds is 3. The predicted octanol–water partition coefficient (Wildman–Crippen LogP) is 6.23. The molecule has 0 N–H and O–H groups in total. The first-order valence-electron chi connectivity index (χ1n) is 7.53. The van der Waals surface area contributed by atoms with Gasteiger partial charge in [-0.1, -0.05) is 18.2 Å². The summed E-state index contributed by atoms with van der Waals surface area (Å²) < 4.78 is 2.36. The van der Waals surface area contributed by atoms with Crippen LogP contribution in [-0.4, -0.2) is 17.1 Å². The zero-order chi connectivity index (χ0) is 15.8. The minimum atomic E-state index is 1.21. The van der Waals surface area contributed by atoms with Gasteiger partial charge in [-0.25, -0.2) is 0 Å². The fraction of sp³-hybridized carbons (Fsp3) is 0.100. The molecule has 0 aliphatic carbocycles. The molecule has 3 heteroatoms. The average Bonchev–Trinajstić information content (AvgIpc) is 2.95. The molecule has 0 saturated heterocycles. The Balaban J connectivity index is 2.15. The van der Waals surface area contributed by atoms with Crippen LogP contribution in [0.4, 0.5) is 0 Å². The van der Waals surface area contributed by atoms with E-state index in [0.717, 1.165) is 0 Å². The second kappa shape index (κ2) is 5.99. The van der Waals surface area contributed by atoms with E-state index in [2.05, 4.69) is 83.8 Å². The number of hydrogen-bond donors (Lipinski definition) is 0. The number of nitrogens with zero attached hydrogens (tertiary/aromatic N) is 1. The maximum Gasteiger partial charge on any atom is 0.0541 e. The summed E-state index contributed by atoms with van der Waals surface area (Å²) in [5.74, 6) is 0. The van der Waals surface area contributed by atoms with Crippen molar-refractivity contribution in [1.29, 1.82) is 0 Å². The lowest BCUT2D eigenvalue weighted by Gasteiger charge is -2.07. The highest BCUT2D eigenvalue weighted by molar-refractivity contribution is 7.98. The third kappa shape index (κ3) is 2.44. The molecule has 4 aromatic rings. The van der Waals surface area contributed by atoms with E-state index in [0.29, 0.717) is 0 Å². The highest BCUT2D eigenvalue weighted by Crippen LogP contribution is 2.35. The predicted molar refractivity (Wildman–Crippen MR) is 104 cm³/mol. The topological polar surface area (TPSA) is 4.93 Å². The van der Waals surface area contributed by atoms with Crippen LogP contribution in [0.5, 0.6) is 0 Å². The van der Waals surface area contributed by atoms with Gasteiger partial charge in [-0.05, 0) is 61.0 Å². The van der Waals surface area contributed by atoms with Crippen LogP contribution in [-0.2, 0) is 0 Å². The second-order valence-electron chi connectivity index (χ2n) is 5.44. The highest BCUT2D eigenvalue weighted by atomic mass is 32.2. The molecule has 0 radical (unpaired) electrons. The van der Waals surface area contributed by atoms with Gasteiger partial charge in [0.05, 0.1) is 11.0 Å². The first-order valence-corrected chi connectivity index (χ1v) is 9.98. The molecule has 23 heavy (non-hydrogen) atoms. The fourth-order valence-electron chi connectivity index (χ4n) is 3.09. The van der Waals surface area contributed by atoms with Gasteiger partial charge in [0.2, 0.25) is 0 Å². The van der Waals surface area contributed by atoms with Crippen molar-refractivity contribution in [2.24, 2.45) is 0 Å². The van der Waals surface area contributed by atoms with Crippen LogP contribution in [0.1, 0.15) is 0 Å². The summed E-state index contributed by atoms with van der Waals surface area (Å²) in [6.07, 6.45) is 4.26. The maximum absolute atomic E-state index is 2.36. The van der Waals surface area contributed by atoms with Gasteiger partial charge >= 0.3 is 0 Å². The quantitative estimate of drug-likeness (QED) is 0.409. The smallest absolute Gasteiger partial charge is 0.0541 e. The lowest BCUT2D eigenvalue weighted by atomic mass is 10.1. The first kappa shape index (κ1) is 14.7. The Labute approximate surface area is 144 Å². The van der Waals surface area contributed by atoms with Crippen molar-refractivity contribution in [3.8, 4) is 5.69 Å². The third-order valence-electron chi connectivity index (χ3n) is 4.19. The van der Waals surface area contributed by atoms with Crippen LogP contribution in [0.2, 0.25) is 0 Å². The molecule has 1 heterocycles. The van der Waals surface area contributed by atoms with Crippen molar-refractivity contribution >= 4 is 45.3 Å². The second-order valence-corrected chi connectivity index (χ2v) is 7.20. The van der Waals surface area contributed by atoms with E-state index >= 15 is 0 Å². The molecule has 0 atom stereocenters. The summed E-state index contributed by atoms with van der Waals surface area (Å²) in [4.78, 5) is 2.61. The molecule has 1 nitrogen and oxygen atoms in total. The van der Waals surface area contributed by atoms with E-state index < -0.39 is 0 Å². The lowest BCUT2D eigenvalue weighted by Crippen LogP contribution is -1.92. The van der Waals surface area contributed by atoms with Crippen molar-refractivity contribution in [2.45, 2.75) is 9.79 Å². The summed E-state index contributed by atoms with van der Waals surface area (Å²) in [6, 6.07) is 24.1. The Morgan fingerprint density at radius 3 is 1.65 bits per heavy atom. The molecular formula is C20H17NS2. The van der Waals surface area contributed by atoms with Crippen molar-refractivity contribution in [2.75, 3.05) is 12.5 Å². The third-order valence-corrected chi connectivity index (χ3v) is 5.64. The van der Waals surface area contributed by atoms with Gasteiger partial charge in [0, 0.05) is 26.3 Å². The van der Waals surface area contributed by atoms with Crippen molar-refractivity contribution < 1.29 is 0 Å². The van der Waals surface area contributed by atoms with Crippen LogP contribution in [0, 0.1) is 0 Å². The molecule has 0 amide bonds. The molecule has 3 aromatic carbocycles. The monoisotopic (exact) mass is 335 g/mol. The number of thioether (sulfide) groups is 2. The Hall–Kier alpha value is -1.84. The zero-order valence-electron chi connectivity index (χ0n) is 13.1. The molecule has 0 aliphatic rings. The van der Waals surface area contributed by atoms with Gasteiger partial charge in [-0.15, -0.1) is 23.5 Å².